The summed E-state index contributed by atoms with van der Waals surface area (Å²) >= 11 is 2.99. The number of hydrogen-bond acceptors (Lipinski definition) is 1. The summed E-state index contributed by atoms with van der Waals surface area (Å²) < 4.78 is 27.1. The third-order valence-corrected chi connectivity index (χ3v) is 2.78. The van der Waals surface area contributed by atoms with Crippen molar-refractivity contribution in [3.05, 3.63) is 33.8 Å². The Hall–Kier alpha value is -0.770. The summed E-state index contributed by atoms with van der Waals surface area (Å²) in [4.78, 5) is 10.9. The van der Waals surface area contributed by atoms with Gasteiger partial charge in [0.2, 0.25) is 0 Å². The molecule has 0 aliphatic heterocycles. The maximum absolute atomic E-state index is 13.6. The second-order valence-corrected chi connectivity index (χ2v) is 4.42. The van der Waals surface area contributed by atoms with Gasteiger partial charge in [0.05, 0.1) is 4.47 Å². The molecule has 0 saturated carbocycles. The number of Topliss-reactive ketones (excluding diaryl/α,β-unsaturated/α-hetero) is 1. The van der Waals surface area contributed by atoms with Crippen LogP contribution in [0, 0.1) is 11.6 Å². The maximum atomic E-state index is 13.6. The third kappa shape index (κ3) is 2.84. The molecule has 82 valence electrons. The Morgan fingerprint density at radius 1 is 1.47 bits per heavy atom. The summed E-state index contributed by atoms with van der Waals surface area (Å²) in [7, 11) is 0. The van der Waals surface area contributed by atoms with E-state index >= 15 is 0 Å². The van der Waals surface area contributed by atoms with Crippen LogP contribution in [0.4, 0.5) is 8.78 Å². The minimum absolute atomic E-state index is 0.0282. The lowest BCUT2D eigenvalue weighted by atomic mass is 9.95. The standard InChI is InChI=1S/C11H11BrF2O/c1-6(5-7(2)15)10-9(13)4-3-8(12)11(10)14/h3-4,6H,5H2,1-2H3. The van der Waals surface area contributed by atoms with Crippen molar-refractivity contribution >= 4 is 21.7 Å². The normalized spacial score (nSPS) is 12.6. The van der Waals surface area contributed by atoms with Crippen molar-refractivity contribution < 1.29 is 13.6 Å². The molecule has 0 fully saturated rings. The van der Waals surface area contributed by atoms with E-state index < -0.39 is 17.6 Å². The lowest BCUT2D eigenvalue weighted by molar-refractivity contribution is -0.117. The summed E-state index contributed by atoms with van der Waals surface area (Å²) in [6.07, 6.45) is 0.143. The molecule has 1 aromatic rings. The summed E-state index contributed by atoms with van der Waals surface area (Å²) in [5, 5.41) is 0. The van der Waals surface area contributed by atoms with Crippen molar-refractivity contribution in [2.45, 2.75) is 26.2 Å². The highest BCUT2D eigenvalue weighted by atomic mass is 79.9. The summed E-state index contributed by atoms with van der Waals surface area (Å²) in [6.45, 7) is 3.04. The van der Waals surface area contributed by atoms with Gasteiger partial charge in [-0.15, -0.1) is 0 Å². The van der Waals surface area contributed by atoms with Gasteiger partial charge in [-0.1, -0.05) is 6.92 Å². The van der Waals surface area contributed by atoms with E-state index in [2.05, 4.69) is 15.9 Å². The van der Waals surface area contributed by atoms with Gasteiger partial charge in [0.25, 0.3) is 0 Å². The molecule has 0 spiro atoms. The van der Waals surface area contributed by atoms with Crippen LogP contribution in [-0.4, -0.2) is 5.78 Å². The van der Waals surface area contributed by atoms with Gasteiger partial charge in [0, 0.05) is 12.0 Å². The van der Waals surface area contributed by atoms with Crippen molar-refractivity contribution in [2.24, 2.45) is 0 Å². The van der Waals surface area contributed by atoms with Crippen molar-refractivity contribution in [3.8, 4) is 0 Å². The van der Waals surface area contributed by atoms with Crippen LogP contribution in [0.15, 0.2) is 16.6 Å². The lowest BCUT2D eigenvalue weighted by Gasteiger charge is -2.12. The highest BCUT2D eigenvalue weighted by Gasteiger charge is 2.19. The highest BCUT2D eigenvalue weighted by Crippen LogP contribution is 2.29. The predicted octanol–water partition coefficient (Wildman–Crippen LogP) is 3.81. The van der Waals surface area contributed by atoms with Crippen LogP contribution < -0.4 is 0 Å². The number of rotatable bonds is 3. The molecule has 0 aliphatic carbocycles. The SMILES string of the molecule is CC(=O)CC(C)c1c(F)ccc(Br)c1F. The van der Waals surface area contributed by atoms with E-state index in [4.69, 9.17) is 0 Å². The minimum Gasteiger partial charge on any atom is -0.300 e. The van der Waals surface area contributed by atoms with E-state index in [1.807, 2.05) is 0 Å². The van der Waals surface area contributed by atoms with Crippen LogP contribution in [-0.2, 0) is 4.79 Å². The van der Waals surface area contributed by atoms with Crippen molar-refractivity contribution in [3.63, 3.8) is 0 Å². The molecule has 1 aromatic carbocycles. The zero-order chi connectivity index (χ0) is 11.6. The van der Waals surface area contributed by atoms with E-state index in [1.54, 1.807) is 6.92 Å². The van der Waals surface area contributed by atoms with Crippen LogP contribution in [0.3, 0.4) is 0 Å². The number of benzene rings is 1. The molecule has 0 saturated heterocycles. The largest absolute Gasteiger partial charge is 0.300 e. The molecule has 1 unspecified atom stereocenters. The number of ketones is 1. The molecule has 0 heterocycles. The van der Waals surface area contributed by atoms with Crippen LogP contribution >= 0.6 is 15.9 Å². The second kappa shape index (κ2) is 4.84. The first-order chi connectivity index (χ1) is 6.93. The maximum Gasteiger partial charge on any atom is 0.143 e. The van der Waals surface area contributed by atoms with Gasteiger partial charge in [-0.05, 0) is 40.9 Å². The quantitative estimate of drug-likeness (QED) is 0.768. The highest BCUT2D eigenvalue weighted by molar-refractivity contribution is 9.10. The molecule has 0 bridgehead atoms. The molecule has 1 rings (SSSR count). The Morgan fingerprint density at radius 3 is 2.60 bits per heavy atom. The van der Waals surface area contributed by atoms with E-state index in [9.17, 15) is 13.6 Å². The van der Waals surface area contributed by atoms with Crippen LogP contribution in [0.5, 0.6) is 0 Å². The number of carbonyl (C=O) groups excluding carboxylic acids is 1. The summed E-state index contributed by atoms with van der Waals surface area (Å²) in [5.74, 6) is -1.76. The van der Waals surface area contributed by atoms with Gasteiger partial charge in [-0.2, -0.15) is 0 Å². The molecular weight excluding hydrogens is 266 g/mol. The molecule has 1 nitrogen and oxygen atoms in total. The molecule has 0 amide bonds. The fraction of sp³-hybridized carbons (Fsp3) is 0.364. The minimum atomic E-state index is -0.622. The van der Waals surface area contributed by atoms with Gasteiger partial charge in [-0.25, -0.2) is 8.78 Å². The first-order valence-corrected chi connectivity index (χ1v) is 5.35. The molecule has 0 radical (unpaired) electrons. The lowest BCUT2D eigenvalue weighted by Crippen LogP contribution is -2.06. The molecule has 0 aliphatic rings. The van der Waals surface area contributed by atoms with E-state index in [1.165, 1.54) is 19.1 Å². The monoisotopic (exact) mass is 276 g/mol. The molecular formula is C11H11BrF2O. The Bertz CT molecular complexity index is 390. The molecule has 0 N–H and O–H groups in total. The van der Waals surface area contributed by atoms with Crippen LogP contribution in [0.1, 0.15) is 31.7 Å². The topological polar surface area (TPSA) is 17.1 Å². The zero-order valence-electron chi connectivity index (χ0n) is 8.48. The van der Waals surface area contributed by atoms with E-state index in [0.717, 1.165) is 0 Å². The Kier molecular flexibility index (Phi) is 3.97. The van der Waals surface area contributed by atoms with Crippen molar-refractivity contribution in [1.82, 2.24) is 0 Å². The van der Waals surface area contributed by atoms with Gasteiger partial charge < -0.3 is 4.79 Å². The second-order valence-electron chi connectivity index (χ2n) is 3.56. The summed E-state index contributed by atoms with van der Waals surface area (Å²) in [6, 6.07) is 2.51. The smallest absolute Gasteiger partial charge is 0.143 e. The van der Waals surface area contributed by atoms with Crippen molar-refractivity contribution in [2.75, 3.05) is 0 Å². The predicted molar refractivity (Wildman–Crippen MR) is 57.8 cm³/mol. The first kappa shape index (κ1) is 12.3. The van der Waals surface area contributed by atoms with Gasteiger partial charge in [-0.3, -0.25) is 0 Å². The molecule has 15 heavy (non-hydrogen) atoms. The van der Waals surface area contributed by atoms with Gasteiger partial charge >= 0.3 is 0 Å². The third-order valence-electron chi connectivity index (χ3n) is 2.17. The van der Waals surface area contributed by atoms with Crippen LogP contribution in [0.25, 0.3) is 0 Å². The van der Waals surface area contributed by atoms with E-state index in [-0.39, 0.29) is 22.2 Å². The first-order valence-electron chi connectivity index (χ1n) is 4.56. The van der Waals surface area contributed by atoms with Crippen molar-refractivity contribution in [1.29, 1.82) is 0 Å². The summed E-state index contributed by atoms with van der Waals surface area (Å²) in [5.41, 5.74) is -0.0282. The molecule has 1 atom stereocenters. The molecule has 0 aromatic heterocycles. The number of carbonyl (C=O) groups is 1. The van der Waals surface area contributed by atoms with Crippen LogP contribution in [0.2, 0.25) is 0 Å². The van der Waals surface area contributed by atoms with Gasteiger partial charge in [0.1, 0.15) is 17.4 Å². The Balaban J connectivity index is 3.12. The molecule has 4 heteroatoms. The van der Waals surface area contributed by atoms with Gasteiger partial charge in [0.15, 0.2) is 0 Å². The number of halogens is 3. The Morgan fingerprint density at radius 2 is 2.07 bits per heavy atom. The zero-order valence-corrected chi connectivity index (χ0v) is 10.1. The van der Waals surface area contributed by atoms with E-state index in [0.29, 0.717) is 0 Å². The average molecular weight is 277 g/mol. The number of hydrogen-bond donors (Lipinski definition) is 0. The fourth-order valence-corrected chi connectivity index (χ4v) is 1.87. The average Bonchev–Trinajstić information content (AvgIpc) is 2.11. The fourth-order valence-electron chi connectivity index (χ4n) is 1.53. The Labute approximate surface area is 95.6 Å².